The van der Waals surface area contributed by atoms with Crippen molar-refractivity contribution in [3.8, 4) is 33.4 Å². The molecular formula is C48H37NS. The molecule has 2 heteroatoms. The molecule has 0 aliphatic heterocycles. The number of rotatable bonds is 4. The molecule has 10 rings (SSSR count). The first-order valence-corrected chi connectivity index (χ1v) is 18.4. The summed E-state index contributed by atoms with van der Waals surface area (Å²) < 4.78 is 2.67. The summed E-state index contributed by atoms with van der Waals surface area (Å²) in [5.41, 5.74) is 16.7. The van der Waals surface area contributed by atoms with Gasteiger partial charge in [-0.15, -0.1) is 11.3 Å². The van der Waals surface area contributed by atoms with Crippen LogP contribution in [-0.4, -0.2) is 0 Å². The maximum Gasteiger partial charge on any atom is 0.0508 e. The van der Waals surface area contributed by atoms with Gasteiger partial charge in [-0.2, -0.15) is 0 Å². The zero-order valence-electron chi connectivity index (χ0n) is 28.8. The Labute approximate surface area is 298 Å². The van der Waals surface area contributed by atoms with Gasteiger partial charge in [0, 0.05) is 36.7 Å². The minimum atomic E-state index is -0.156. The average molecular weight is 660 g/mol. The van der Waals surface area contributed by atoms with Crippen LogP contribution >= 0.6 is 11.3 Å². The SMILES string of the molecule is CC1(C)c2ccccc2-c2cccc(N(c3ccc(-c4ccc5c(c4)sc4ccccc45)cc3)c3cccc4c3C(C)(C)c3ccccc3-4)c21. The molecule has 50 heavy (non-hydrogen) atoms. The van der Waals surface area contributed by atoms with Crippen molar-refractivity contribution < 1.29 is 0 Å². The van der Waals surface area contributed by atoms with Crippen LogP contribution in [0.3, 0.4) is 0 Å². The van der Waals surface area contributed by atoms with Crippen LogP contribution in [0.4, 0.5) is 17.1 Å². The monoisotopic (exact) mass is 659 g/mol. The molecule has 0 atom stereocenters. The summed E-state index contributed by atoms with van der Waals surface area (Å²) >= 11 is 1.88. The number of benzene rings is 7. The minimum absolute atomic E-state index is 0.156. The Morgan fingerprint density at radius 1 is 0.420 bits per heavy atom. The Hall–Kier alpha value is -5.44. The second-order valence-electron chi connectivity index (χ2n) is 14.9. The third kappa shape index (κ3) is 4.06. The lowest BCUT2D eigenvalue weighted by Crippen LogP contribution is -2.23. The van der Waals surface area contributed by atoms with Crippen molar-refractivity contribution in [2.24, 2.45) is 0 Å². The fourth-order valence-corrected chi connectivity index (χ4v) is 10.3. The summed E-state index contributed by atoms with van der Waals surface area (Å²) in [7, 11) is 0. The van der Waals surface area contributed by atoms with Crippen LogP contribution in [-0.2, 0) is 10.8 Å². The average Bonchev–Trinajstić information content (AvgIpc) is 3.72. The van der Waals surface area contributed by atoms with E-state index in [-0.39, 0.29) is 10.8 Å². The van der Waals surface area contributed by atoms with Crippen molar-refractivity contribution in [1.29, 1.82) is 0 Å². The summed E-state index contributed by atoms with van der Waals surface area (Å²) in [5.74, 6) is 0. The smallest absolute Gasteiger partial charge is 0.0508 e. The number of thiophene rings is 1. The molecule has 0 bridgehead atoms. The summed E-state index contributed by atoms with van der Waals surface area (Å²) in [6.45, 7) is 9.56. The predicted molar refractivity (Wildman–Crippen MR) is 215 cm³/mol. The van der Waals surface area contributed by atoms with E-state index >= 15 is 0 Å². The van der Waals surface area contributed by atoms with E-state index in [4.69, 9.17) is 0 Å². The van der Waals surface area contributed by atoms with E-state index in [0.717, 1.165) is 5.69 Å². The van der Waals surface area contributed by atoms with E-state index in [2.05, 4.69) is 184 Å². The van der Waals surface area contributed by atoms with E-state index in [1.807, 2.05) is 11.3 Å². The van der Waals surface area contributed by atoms with E-state index in [1.165, 1.54) is 87.2 Å². The quantitative estimate of drug-likeness (QED) is 0.182. The van der Waals surface area contributed by atoms with Crippen LogP contribution in [0.2, 0.25) is 0 Å². The minimum Gasteiger partial charge on any atom is -0.310 e. The van der Waals surface area contributed by atoms with E-state index in [0.29, 0.717) is 0 Å². The normalized spacial score (nSPS) is 14.7. The van der Waals surface area contributed by atoms with Crippen molar-refractivity contribution in [3.63, 3.8) is 0 Å². The third-order valence-electron chi connectivity index (χ3n) is 11.4. The molecule has 1 aromatic heterocycles. The molecule has 1 nitrogen and oxygen atoms in total. The first-order valence-electron chi connectivity index (χ1n) is 17.6. The van der Waals surface area contributed by atoms with E-state index in [9.17, 15) is 0 Å². The zero-order valence-corrected chi connectivity index (χ0v) is 29.6. The highest BCUT2D eigenvalue weighted by molar-refractivity contribution is 7.25. The van der Waals surface area contributed by atoms with Crippen LogP contribution in [0.15, 0.2) is 152 Å². The zero-order chi connectivity index (χ0) is 33.8. The number of fused-ring (bicyclic) bond motifs is 9. The molecule has 0 spiro atoms. The highest BCUT2D eigenvalue weighted by atomic mass is 32.1. The van der Waals surface area contributed by atoms with Gasteiger partial charge in [0.2, 0.25) is 0 Å². The van der Waals surface area contributed by atoms with Crippen LogP contribution in [0.5, 0.6) is 0 Å². The molecule has 2 aliphatic carbocycles. The Kier molecular flexibility index (Phi) is 6.21. The van der Waals surface area contributed by atoms with Gasteiger partial charge in [-0.25, -0.2) is 0 Å². The lowest BCUT2D eigenvalue weighted by Gasteiger charge is -2.35. The molecule has 1 heterocycles. The van der Waals surface area contributed by atoms with Gasteiger partial charge in [-0.1, -0.05) is 143 Å². The van der Waals surface area contributed by atoms with Gasteiger partial charge in [-0.3, -0.25) is 0 Å². The second kappa shape index (κ2) is 10.5. The lowest BCUT2D eigenvalue weighted by molar-refractivity contribution is 0.656. The second-order valence-corrected chi connectivity index (χ2v) is 16.0. The summed E-state index contributed by atoms with van der Waals surface area (Å²) in [4.78, 5) is 2.55. The van der Waals surface area contributed by atoms with E-state index in [1.54, 1.807) is 0 Å². The van der Waals surface area contributed by atoms with Crippen molar-refractivity contribution in [3.05, 3.63) is 174 Å². The number of nitrogens with zero attached hydrogens (tertiary/aromatic N) is 1. The maximum atomic E-state index is 2.55. The van der Waals surface area contributed by atoms with Gasteiger partial charge in [0.25, 0.3) is 0 Å². The van der Waals surface area contributed by atoms with Crippen molar-refractivity contribution in [1.82, 2.24) is 0 Å². The maximum absolute atomic E-state index is 2.55. The largest absolute Gasteiger partial charge is 0.310 e. The molecule has 2 aliphatic rings. The Balaban J connectivity index is 1.18. The molecule has 0 unspecified atom stereocenters. The van der Waals surface area contributed by atoms with Crippen molar-refractivity contribution in [2.75, 3.05) is 4.90 Å². The molecule has 0 fully saturated rings. The van der Waals surface area contributed by atoms with Gasteiger partial charge in [0.05, 0.1) is 11.4 Å². The Bertz CT molecular complexity index is 2550. The molecule has 8 aromatic rings. The highest BCUT2D eigenvalue weighted by Crippen LogP contribution is 2.58. The van der Waals surface area contributed by atoms with Crippen LogP contribution in [0, 0.1) is 0 Å². The molecule has 7 aromatic carbocycles. The molecule has 0 amide bonds. The number of hydrogen-bond donors (Lipinski definition) is 0. The molecule has 0 saturated carbocycles. The van der Waals surface area contributed by atoms with Gasteiger partial charge in [0.15, 0.2) is 0 Å². The van der Waals surface area contributed by atoms with Crippen LogP contribution in [0.25, 0.3) is 53.6 Å². The molecular weight excluding hydrogens is 623 g/mol. The third-order valence-corrected chi connectivity index (χ3v) is 12.6. The lowest BCUT2D eigenvalue weighted by atomic mass is 9.80. The number of hydrogen-bond acceptors (Lipinski definition) is 2. The van der Waals surface area contributed by atoms with E-state index < -0.39 is 0 Å². The fourth-order valence-electron chi connectivity index (χ4n) is 9.13. The summed E-state index contributed by atoms with van der Waals surface area (Å²) in [6.07, 6.45) is 0. The van der Waals surface area contributed by atoms with Gasteiger partial charge in [0.1, 0.15) is 0 Å². The highest BCUT2D eigenvalue weighted by Gasteiger charge is 2.42. The molecule has 0 saturated heterocycles. The van der Waals surface area contributed by atoms with Crippen LogP contribution in [0.1, 0.15) is 49.9 Å². The first-order chi connectivity index (χ1) is 24.3. The summed E-state index contributed by atoms with van der Waals surface area (Å²) in [5, 5.41) is 2.67. The molecule has 0 N–H and O–H groups in total. The van der Waals surface area contributed by atoms with Crippen LogP contribution < -0.4 is 4.90 Å². The Morgan fingerprint density at radius 3 is 1.54 bits per heavy atom. The van der Waals surface area contributed by atoms with Gasteiger partial charge in [-0.05, 0) is 92.0 Å². The predicted octanol–water partition coefficient (Wildman–Crippen LogP) is 13.8. The van der Waals surface area contributed by atoms with Crippen molar-refractivity contribution in [2.45, 2.75) is 38.5 Å². The van der Waals surface area contributed by atoms with Gasteiger partial charge >= 0.3 is 0 Å². The topological polar surface area (TPSA) is 3.24 Å². The standard InChI is InChI=1S/C48H37NS/c1-47(2)39-18-8-5-13-33(39)37-16-11-20-41(45(37)47)49(42-21-12-17-38-34-14-6-9-19-40(34)48(3,4)46(38)42)32-26-23-30(24-27-32)31-25-28-36-35-15-7-10-22-43(35)50-44(36)29-31/h5-29H,1-4H3. The molecule has 240 valence electrons. The summed E-state index contributed by atoms with van der Waals surface area (Å²) in [6, 6.07) is 56.6. The first kappa shape index (κ1) is 29.5. The van der Waals surface area contributed by atoms with Crippen molar-refractivity contribution >= 4 is 48.6 Å². The Morgan fingerprint density at radius 2 is 0.920 bits per heavy atom. The fraction of sp³-hybridized carbons (Fsp3) is 0.125. The number of anilines is 3. The molecule has 0 radical (unpaired) electrons. The van der Waals surface area contributed by atoms with Gasteiger partial charge < -0.3 is 4.90 Å².